The van der Waals surface area contributed by atoms with Crippen molar-refractivity contribution in [2.45, 2.75) is 13.5 Å². The van der Waals surface area contributed by atoms with Crippen molar-refractivity contribution in [3.05, 3.63) is 92.5 Å². The minimum absolute atomic E-state index is 0.209. The molecule has 0 fully saturated rings. The SMILES string of the molecule is Cc1c2c(cc3c(-c4ccccc4)cc(=O)oc13)CN(c1ccc(Br)cc1F)CO2. The maximum atomic E-state index is 14.5. The molecule has 0 aliphatic carbocycles. The maximum absolute atomic E-state index is 14.5. The summed E-state index contributed by atoms with van der Waals surface area (Å²) in [4.78, 5) is 14.1. The number of anilines is 1. The van der Waals surface area contributed by atoms with E-state index in [1.807, 2.05) is 54.3 Å². The van der Waals surface area contributed by atoms with Gasteiger partial charge >= 0.3 is 5.63 Å². The van der Waals surface area contributed by atoms with Crippen LogP contribution in [0.1, 0.15) is 11.1 Å². The highest BCUT2D eigenvalue weighted by molar-refractivity contribution is 9.10. The van der Waals surface area contributed by atoms with Gasteiger partial charge < -0.3 is 14.1 Å². The minimum atomic E-state index is -0.404. The maximum Gasteiger partial charge on any atom is 0.336 e. The average Bonchev–Trinajstić information content (AvgIpc) is 2.74. The number of hydrogen-bond donors (Lipinski definition) is 0. The Morgan fingerprint density at radius 3 is 2.63 bits per heavy atom. The van der Waals surface area contributed by atoms with Crippen LogP contribution in [0.5, 0.6) is 5.75 Å². The average molecular weight is 466 g/mol. The van der Waals surface area contributed by atoms with E-state index in [9.17, 15) is 9.18 Å². The lowest BCUT2D eigenvalue weighted by Crippen LogP contribution is -2.33. The highest BCUT2D eigenvalue weighted by atomic mass is 79.9. The topological polar surface area (TPSA) is 42.7 Å². The van der Waals surface area contributed by atoms with E-state index >= 15 is 0 Å². The normalized spacial score (nSPS) is 13.2. The van der Waals surface area contributed by atoms with Crippen LogP contribution in [-0.4, -0.2) is 6.73 Å². The van der Waals surface area contributed by atoms with Gasteiger partial charge in [-0.3, -0.25) is 0 Å². The number of halogens is 2. The van der Waals surface area contributed by atoms with E-state index < -0.39 is 5.63 Å². The number of nitrogens with zero attached hydrogens (tertiary/aromatic N) is 1. The zero-order valence-corrected chi connectivity index (χ0v) is 17.7. The van der Waals surface area contributed by atoms with Crippen LogP contribution in [0.15, 0.2) is 74.3 Å². The predicted molar refractivity (Wildman–Crippen MR) is 118 cm³/mol. The summed E-state index contributed by atoms with van der Waals surface area (Å²) in [5, 5.41) is 0.832. The van der Waals surface area contributed by atoms with Gasteiger partial charge in [-0.2, -0.15) is 0 Å². The van der Waals surface area contributed by atoms with Gasteiger partial charge in [-0.1, -0.05) is 46.3 Å². The second kappa shape index (κ2) is 7.29. The molecule has 1 aromatic heterocycles. The third-order valence-electron chi connectivity index (χ3n) is 5.35. The number of ether oxygens (including phenoxy) is 1. The summed E-state index contributed by atoms with van der Waals surface area (Å²) in [7, 11) is 0. The van der Waals surface area contributed by atoms with E-state index in [-0.39, 0.29) is 12.5 Å². The fourth-order valence-corrected chi connectivity index (χ4v) is 4.30. The molecule has 0 atom stereocenters. The van der Waals surface area contributed by atoms with Crippen molar-refractivity contribution in [3.8, 4) is 16.9 Å². The molecule has 0 unspecified atom stereocenters. The highest BCUT2D eigenvalue weighted by Crippen LogP contribution is 2.39. The summed E-state index contributed by atoms with van der Waals surface area (Å²) in [6.07, 6.45) is 0. The Kier molecular flexibility index (Phi) is 4.59. The molecule has 4 aromatic rings. The van der Waals surface area contributed by atoms with Crippen molar-refractivity contribution in [3.63, 3.8) is 0 Å². The summed E-state index contributed by atoms with van der Waals surface area (Å²) in [6, 6.07) is 18.2. The third kappa shape index (κ3) is 3.17. The molecule has 0 N–H and O–H groups in total. The Hall–Kier alpha value is -3.12. The van der Waals surface area contributed by atoms with Gasteiger partial charge in [-0.05, 0) is 42.3 Å². The van der Waals surface area contributed by atoms with E-state index in [0.717, 1.165) is 27.6 Å². The molecule has 6 heteroatoms. The zero-order valence-electron chi connectivity index (χ0n) is 16.1. The van der Waals surface area contributed by atoms with Gasteiger partial charge in [0, 0.05) is 33.6 Å². The Morgan fingerprint density at radius 1 is 1.07 bits per heavy atom. The fourth-order valence-electron chi connectivity index (χ4n) is 3.97. The summed E-state index contributed by atoms with van der Waals surface area (Å²) in [5.41, 5.74) is 4.02. The van der Waals surface area contributed by atoms with Crippen molar-refractivity contribution >= 4 is 32.6 Å². The monoisotopic (exact) mass is 465 g/mol. The van der Waals surface area contributed by atoms with E-state index in [1.165, 1.54) is 12.1 Å². The lowest BCUT2D eigenvalue weighted by Gasteiger charge is -2.32. The van der Waals surface area contributed by atoms with Crippen molar-refractivity contribution in [2.75, 3.05) is 11.6 Å². The summed E-state index contributed by atoms with van der Waals surface area (Å²) in [6.45, 7) is 2.58. The first-order valence-corrected chi connectivity index (χ1v) is 10.3. The second-order valence-electron chi connectivity index (χ2n) is 7.28. The van der Waals surface area contributed by atoms with Gasteiger partial charge in [0.15, 0.2) is 6.73 Å². The van der Waals surface area contributed by atoms with E-state index in [1.54, 1.807) is 6.07 Å². The molecule has 5 rings (SSSR count). The van der Waals surface area contributed by atoms with Crippen LogP contribution in [0, 0.1) is 12.7 Å². The van der Waals surface area contributed by atoms with Gasteiger partial charge in [0.25, 0.3) is 0 Å². The van der Waals surface area contributed by atoms with Crippen LogP contribution in [0.2, 0.25) is 0 Å². The lowest BCUT2D eigenvalue weighted by molar-refractivity contribution is 0.286. The number of aryl methyl sites for hydroxylation is 1. The molecular formula is C24H17BrFNO3. The highest BCUT2D eigenvalue weighted by Gasteiger charge is 2.25. The smallest absolute Gasteiger partial charge is 0.336 e. The van der Waals surface area contributed by atoms with Crippen molar-refractivity contribution < 1.29 is 13.5 Å². The zero-order chi connectivity index (χ0) is 20.8. The standard InChI is InChI=1S/C24H17BrFNO3/c1-14-23-16(12-27(13-29-23)21-8-7-17(25)10-20(21)26)9-19-18(11-22(28)30-24(14)19)15-5-3-2-4-6-15/h2-11H,12-13H2,1H3. The molecule has 0 radical (unpaired) electrons. The second-order valence-corrected chi connectivity index (χ2v) is 8.19. The van der Waals surface area contributed by atoms with Gasteiger partial charge in [0.05, 0.1) is 5.69 Å². The van der Waals surface area contributed by atoms with Crippen molar-refractivity contribution in [1.82, 2.24) is 0 Å². The molecular weight excluding hydrogens is 449 g/mol. The molecule has 2 heterocycles. The Bertz CT molecular complexity index is 1330. The first-order valence-electron chi connectivity index (χ1n) is 9.50. The molecule has 0 bridgehead atoms. The Balaban J connectivity index is 1.67. The quantitative estimate of drug-likeness (QED) is 0.339. The van der Waals surface area contributed by atoms with Gasteiger partial charge in [-0.15, -0.1) is 0 Å². The first-order chi connectivity index (χ1) is 14.5. The van der Waals surface area contributed by atoms with Gasteiger partial charge in [0.1, 0.15) is 17.1 Å². The number of benzene rings is 3. The molecule has 0 amide bonds. The Labute approximate surface area is 180 Å². The molecule has 30 heavy (non-hydrogen) atoms. The number of rotatable bonds is 2. The van der Waals surface area contributed by atoms with Crippen molar-refractivity contribution in [1.29, 1.82) is 0 Å². The van der Waals surface area contributed by atoms with Crippen LogP contribution in [0.25, 0.3) is 22.1 Å². The van der Waals surface area contributed by atoms with Crippen LogP contribution in [-0.2, 0) is 6.54 Å². The molecule has 4 nitrogen and oxygen atoms in total. The first kappa shape index (κ1) is 18.9. The van der Waals surface area contributed by atoms with Crippen LogP contribution >= 0.6 is 15.9 Å². The van der Waals surface area contributed by atoms with Gasteiger partial charge in [-0.25, -0.2) is 9.18 Å². The van der Waals surface area contributed by atoms with E-state index in [4.69, 9.17) is 9.15 Å². The number of hydrogen-bond acceptors (Lipinski definition) is 4. The summed E-state index contributed by atoms with van der Waals surface area (Å²) >= 11 is 3.29. The number of fused-ring (bicyclic) bond motifs is 2. The van der Waals surface area contributed by atoms with Crippen LogP contribution in [0.4, 0.5) is 10.1 Å². The summed E-state index contributed by atoms with van der Waals surface area (Å²) < 4.78 is 26.7. The minimum Gasteiger partial charge on any atom is -0.472 e. The fraction of sp³-hybridized carbons (Fsp3) is 0.125. The van der Waals surface area contributed by atoms with Crippen molar-refractivity contribution in [2.24, 2.45) is 0 Å². The molecule has 0 spiro atoms. The molecule has 0 saturated heterocycles. The molecule has 1 aliphatic heterocycles. The Morgan fingerprint density at radius 2 is 1.87 bits per heavy atom. The molecule has 150 valence electrons. The van der Waals surface area contributed by atoms with Gasteiger partial charge in [0.2, 0.25) is 0 Å². The molecule has 3 aromatic carbocycles. The lowest BCUT2D eigenvalue weighted by atomic mass is 9.97. The van der Waals surface area contributed by atoms with E-state index in [0.29, 0.717) is 28.0 Å². The van der Waals surface area contributed by atoms with Crippen LogP contribution in [0.3, 0.4) is 0 Å². The predicted octanol–water partition coefficient (Wildman–Crippen LogP) is 6.03. The summed E-state index contributed by atoms with van der Waals surface area (Å²) in [5.74, 6) is 0.370. The molecule has 1 aliphatic rings. The largest absolute Gasteiger partial charge is 0.472 e. The third-order valence-corrected chi connectivity index (χ3v) is 5.85. The molecule has 0 saturated carbocycles. The van der Waals surface area contributed by atoms with Crippen LogP contribution < -0.4 is 15.3 Å². The van der Waals surface area contributed by atoms with E-state index in [2.05, 4.69) is 15.9 Å².